The molecule has 2 saturated carbocycles. The number of aliphatic hydroxyl groups excluding tert-OH is 1. The van der Waals surface area contributed by atoms with E-state index in [9.17, 15) is 9.90 Å². The summed E-state index contributed by atoms with van der Waals surface area (Å²) in [5.41, 5.74) is 0.230. The van der Waals surface area contributed by atoms with Gasteiger partial charge in [-0.25, -0.2) is 4.79 Å². The van der Waals surface area contributed by atoms with E-state index in [1.54, 1.807) is 0 Å². The Kier molecular flexibility index (Phi) is 2.19. The van der Waals surface area contributed by atoms with Gasteiger partial charge in [-0.1, -0.05) is 20.8 Å². The van der Waals surface area contributed by atoms with Crippen molar-refractivity contribution in [1.29, 1.82) is 0 Å². The lowest BCUT2D eigenvalue weighted by Gasteiger charge is -2.53. The quantitative estimate of drug-likeness (QED) is 0.557. The molecule has 140 valence electrons. The molecule has 6 heteroatoms. The summed E-state index contributed by atoms with van der Waals surface area (Å²) in [7, 11) is 0. The van der Waals surface area contributed by atoms with Crippen molar-refractivity contribution in [2.45, 2.75) is 81.3 Å². The number of hydrogen-bond donors (Lipinski definition) is 1. The Hall–Kier alpha value is -0.950. The van der Waals surface area contributed by atoms with Crippen LogP contribution in [0.15, 0.2) is 11.1 Å². The topological polar surface area (TPSA) is 84.1 Å². The summed E-state index contributed by atoms with van der Waals surface area (Å²) in [5.74, 6) is 0.297. The molecule has 4 heterocycles. The molecule has 0 amide bonds. The van der Waals surface area contributed by atoms with Gasteiger partial charge in [0.25, 0.3) is 0 Å². The zero-order chi connectivity index (χ0) is 17.9. The highest BCUT2D eigenvalue weighted by Gasteiger charge is 3.00. The highest BCUT2D eigenvalue weighted by atomic mass is 16.7. The second-order valence-corrected chi connectivity index (χ2v) is 9.91. The van der Waals surface area contributed by atoms with E-state index in [1.807, 2.05) is 0 Å². The number of carbonyl (C=O) groups is 1. The molecular formula is C20H24O6. The van der Waals surface area contributed by atoms with E-state index < -0.39 is 22.9 Å². The molecule has 9 atom stereocenters. The van der Waals surface area contributed by atoms with Crippen LogP contribution in [0.2, 0.25) is 0 Å². The molecule has 2 spiro atoms. The first kappa shape index (κ1) is 15.0. The van der Waals surface area contributed by atoms with Crippen molar-refractivity contribution in [2.75, 3.05) is 6.61 Å². The Bertz CT molecular complexity index is 819. The maximum atomic E-state index is 12.1. The minimum absolute atomic E-state index is 0.00808. The van der Waals surface area contributed by atoms with Crippen LogP contribution < -0.4 is 0 Å². The van der Waals surface area contributed by atoms with Gasteiger partial charge in [-0.05, 0) is 36.7 Å². The minimum Gasteiger partial charge on any atom is -0.458 e. The molecule has 0 bridgehead atoms. The van der Waals surface area contributed by atoms with Crippen LogP contribution in [0.25, 0.3) is 0 Å². The van der Waals surface area contributed by atoms with Gasteiger partial charge in [0.1, 0.15) is 36.1 Å². The van der Waals surface area contributed by atoms with Crippen LogP contribution in [-0.4, -0.2) is 58.9 Å². The summed E-state index contributed by atoms with van der Waals surface area (Å²) in [4.78, 5) is 12.1. The van der Waals surface area contributed by atoms with Gasteiger partial charge < -0.3 is 24.1 Å². The molecule has 7 aliphatic rings. The number of ether oxygens (including phenoxy) is 4. The van der Waals surface area contributed by atoms with Gasteiger partial charge in [0.05, 0.1) is 6.10 Å². The van der Waals surface area contributed by atoms with Crippen LogP contribution in [-0.2, 0) is 23.7 Å². The minimum atomic E-state index is -0.654. The number of aliphatic hydroxyl groups is 1. The predicted molar refractivity (Wildman–Crippen MR) is 87.1 cm³/mol. The third-order valence-electron chi connectivity index (χ3n) is 9.10. The molecule has 4 aliphatic heterocycles. The fourth-order valence-corrected chi connectivity index (χ4v) is 7.70. The van der Waals surface area contributed by atoms with Crippen molar-refractivity contribution in [3.63, 3.8) is 0 Å². The van der Waals surface area contributed by atoms with E-state index in [2.05, 4.69) is 20.8 Å². The SMILES string of the molecule is CC(C)[C@]12O[C@H]1[C@@H]1O[C@]13[C@]1(O[C@H]1C[C@H]1C4=C(CC[C@@]13C)C(=O)OC4)[C@H]2O. The van der Waals surface area contributed by atoms with Crippen molar-refractivity contribution in [3.8, 4) is 0 Å². The van der Waals surface area contributed by atoms with Crippen molar-refractivity contribution < 1.29 is 28.8 Å². The average molecular weight is 360 g/mol. The summed E-state index contributed by atoms with van der Waals surface area (Å²) in [6, 6.07) is 0. The van der Waals surface area contributed by atoms with E-state index in [4.69, 9.17) is 18.9 Å². The molecule has 0 aromatic carbocycles. The Labute approximate surface area is 151 Å². The molecule has 0 unspecified atom stereocenters. The first-order chi connectivity index (χ1) is 12.3. The summed E-state index contributed by atoms with van der Waals surface area (Å²) in [5, 5.41) is 11.4. The lowest BCUT2D eigenvalue weighted by atomic mass is 9.46. The fraction of sp³-hybridized carbons (Fsp3) is 0.850. The number of rotatable bonds is 1. The number of fused-ring (bicyclic) bond motifs is 4. The Morgan fingerprint density at radius 1 is 1.19 bits per heavy atom. The van der Waals surface area contributed by atoms with E-state index in [0.29, 0.717) is 6.61 Å². The highest BCUT2D eigenvalue weighted by Crippen LogP contribution is 2.82. The van der Waals surface area contributed by atoms with E-state index in [0.717, 1.165) is 30.4 Å². The molecular weight excluding hydrogens is 336 g/mol. The van der Waals surface area contributed by atoms with Crippen LogP contribution in [0.1, 0.15) is 40.0 Å². The van der Waals surface area contributed by atoms with Crippen molar-refractivity contribution in [1.82, 2.24) is 0 Å². The largest absolute Gasteiger partial charge is 0.458 e. The van der Waals surface area contributed by atoms with Gasteiger partial charge in [0.15, 0.2) is 5.60 Å². The lowest BCUT2D eigenvalue weighted by Crippen LogP contribution is -2.69. The lowest BCUT2D eigenvalue weighted by molar-refractivity contribution is -0.136. The normalized spacial score (nSPS) is 63.1. The van der Waals surface area contributed by atoms with Crippen molar-refractivity contribution in [2.24, 2.45) is 17.3 Å². The van der Waals surface area contributed by atoms with Gasteiger partial charge in [-0.3, -0.25) is 0 Å². The van der Waals surface area contributed by atoms with Gasteiger partial charge >= 0.3 is 5.97 Å². The number of carbonyl (C=O) groups excluding carboxylic acids is 1. The monoisotopic (exact) mass is 360 g/mol. The maximum absolute atomic E-state index is 12.1. The number of esters is 1. The van der Waals surface area contributed by atoms with Gasteiger partial charge in [0, 0.05) is 11.0 Å². The molecule has 7 rings (SSSR count). The van der Waals surface area contributed by atoms with Gasteiger partial charge in [-0.2, -0.15) is 0 Å². The molecule has 3 saturated heterocycles. The smallest absolute Gasteiger partial charge is 0.334 e. The molecule has 0 aromatic rings. The molecule has 3 aliphatic carbocycles. The second kappa shape index (κ2) is 3.79. The summed E-state index contributed by atoms with van der Waals surface area (Å²) in [6.07, 6.45) is 1.71. The van der Waals surface area contributed by atoms with Gasteiger partial charge in [-0.15, -0.1) is 0 Å². The van der Waals surface area contributed by atoms with Crippen LogP contribution in [0.3, 0.4) is 0 Å². The highest BCUT2D eigenvalue weighted by molar-refractivity contribution is 5.92. The Balaban J connectivity index is 1.39. The third-order valence-corrected chi connectivity index (χ3v) is 9.10. The standard InChI is InChI=1S/C20H24O6/c1-8(2)18-13(25-18)14-20(26-14)17(3)5-4-9-10(7-23-15(9)21)11(17)6-12-19(20,24-12)16(18)22/h8,11-14,16,22H,4-7H2,1-3H3/t11-,12-,13-,14-,16-,17-,18-,19+,20+/m0/s1. The first-order valence-electron chi connectivity index (χ1n) is 9.95. The summed E-state index contributed by atoms with van der Waals surface area (Å²) >= 11 is 0. The predicted octanol–water partition coefficient (Wildman–Crippen LogP) is 1.10. The second-order valence-electron chi connectivity index (χ2n) is 9.91. The Morgan fingerprint density at radius 3 is 2.77 bits per heavy atom. The molecule has 1 N–H and O–H groups in total. The molecule has 0 aromatic heterocycles. The third kappa shape index (κ3) is 1.14. The fourth-order valence-electron chi connectivity index (χ4n) is 7.70. The van der Waals surface area contributed by atoms with Crippen LogP contribution in [0.5, 0.6) is 0 Å². The molecule has 6 nitrogen and oxygen atoms in total. The van der Waals surface area contributed by atoms with E-state index in [1.165, 1.54) is 0 Å². The molecule has 0 radical (unpaired) electrons. The van der Waals surface area contributed by atoms with Crippen LogP contribution >= 0.6 is 0 Å². The zero-order valence-electron chi connectivity index (χ0n) is 15.3. The summed E-state index contributed by atoms with van der Waals surface area (Å²) < 4.78 is 24.3. The van der Waals surface area contributed by atoms with Crippen molar-refractivity contribution >= 4 is 5.97 Å². The van der Waals surface area contributed by atoms with Crippen LogP contribution in [0, 0.1) is 17.3 Å². The van der Waals surface area contributed by atoms with E-state index in [-0.39, 0.29) is 41.5 Å². The maximum Gasteiger partial charge on any atom is 0.334 e. The molecule has 5 fully saturated rings. The zero-order valence-corrected chi connectivity index (χ0v) is 15.3. The number of cyclic esters (lactones) is 1. The van der Waals surface area contributed by atoms with Crippen LogP contribution in [0.4, 0.5) is 0 Å². The molecule has 26 heavy (non-hydrogen) atoms. The summed E-state index contributed by atoms with van der Waals surface area (Å²) in [6.45, 7) is 6.91. The van der Waals surface area contributed by atoms with Crippen molar-refractivity contribution in [3.05, 3.63) is 11.1 Å². The number of epoxide rings is 3. The first-order valence-corrected chi connectivity index (χ1v) is 9.95. The average Bonchev–Trinajstić information content (AvgIpc) is 3.47. The van der Waals surface area contributed by atoms with E-state index >= 15 is 0 Å². The van der Waals surface area contributed by atoms with Gasteiger partial charge in [0.2, 0.25) is 0 Å². The number of hydrogen-bond acceptors (Lipinski definition) is 6. The Morgan fingerprint density at radius 2 is 2.00 bits per heavy atom.